The molecule has 0 aromatic rings. The molecular formula is C41H78NO8P. The number of hydrogen-bond donors (Lipinski definition) is 0. The van der Waals surface area contributed by atoms with Crippen molar-refractivity contribution in [3.8, 4) is 0 Å². The van der Waals surface area contributed by atoms with Crippen molar-refractivity contribution in [3.63, 3.8) is 0 Å². The first-order valence-electron chi connectivity index (χ1n) is 20.6. The highest BCUT2D eigenvalue weighted by Crippen LogP contribution is 2.38. The van der Waals surface area contributed by atoms with E-state index in [1.807, 2.05) is 21.1 Å². The van der Waals surface area contributed by atoms with E-state index in [0.717, 1.165) is 57.8 Å². The van der Waals surface area contributed by atoms with Crippen LogP contribution in [-0.4, -0.2) is 70.0 Å². The molecule has 0 saturated carbocycles. The van der Waals surface area contributed by atoms with Crippen molar-refractivity contribution in [1.29, 1.82) is 0 Å². The zero-order valence-electron chi connectivity index (χ0n) is 33.6. The standard InChI is InChI=1S/C41H78NO8P/c1-6-8-10-12-14-16-18-20-21-22-24-25-27-29-31-33-40(43)47-37-39(38-49-51(45,46)48-36-35-42(3,4)5)50-41(44)34-32-30-28-26-23-19-17-15-13-11-9-7-2/h16,18,20-21,39H,6-15,17,19,22-38H2,1-5H3/b18-16+,21-20+/t39-/m1/s1. The van der Waals surface area contributed by atoms with Gasteiger partial charge in [0.05, 0.1) is 27.7 Å². The number of carbonyl (C=O) groups excluding carboxylic acids is 2. The zero-order chi connectivity index (χ0) is 37.9. The second kappa shape index (κ2) is 34.3. The van der Waals surface area contributed by atoms with Crippen LogP contribution in [0, 0.1) is 0 Å². The predicted molar refractivity (Wildman–Crippen MR) is 208 cm³/mol. The Hall–Kier alpha value is -1.51. The zero-order valence-corrected chi connectivity index (χ0v) is 34.4. The van der Waals surface area contributed by atoms with Crippen LogP contribution in [0.2, 0.25) is 0 Å². The van der Waals surface area contributed by atoms with Gasteiger partial charge in [0.15, 0.2) is 6.10 Å². The number of phosphoric acid groups is 1. The maximum atomic E-state index is 12.6. The molecule has 300 valence electrons. The fourth-order valence-electron chi connectivity index (χ4n) is 5.47. The molecule has 0 N–H and O–H groups in total. The third kappa shape index (κ3) is 38.0. The molecule has 2 atom stereocenters. The SMILES string of the molecule is CCCCCC/C=C/C=C/CCCCCCCC(=O)OC[C@H](COP(=O)([O-])OCC[N+](C)(C)C)OC(=O)CCCCCCCCCCCCCC. The van der Waals surface area contributed by atoms with E-state index >= 15 is 0 Å². The van der Waals surface area contributed by atoms with Gasteiger partial charge < -0.3 is 27.9 Å². The summed E-state index contributed by atoms with van der Waals surface area (Å²) in [6, 6.07) is 0. The van der Waals surface area contributed by atoms with Crippen LogP contribution >= 0.6 is 7.82 Å². The molecule has 0 fully saturated rings. The fraction of sp³-hybridized carbons (Fsp3) is 0.854. The molecule has 51 heavy (non-hydrogen) atoms. The van der Waals surface area contributed by atoms with Gasteiger partial charge in [0.1, 0.15) is 19.8 Å². The lowest BCUT2D eigenvalue weighted by molar-refractivity contribution is -0.870. The van der Waals surface area contributed by atoms with Crippen LogP contribution in [0.5, 0.6) is 0 Å². The van der Waals surface area contributed by atoms with Crippen molar-refractivity contribution in [3.05, 3.63) is 24.3 Å². The van der Waals surface area contributed by atoms with E-state index in [1.54, 1.807) is 0 Å². The number of phosphoric ester groups is 1. The third-order valence-electron chi connectivity index (χ3n) is 8.75. The van der Waals surface area contributed by atoms with Gasteiger partial charge in [0.25, 0.3) is 7.82 Å². The summed E-state index contributed by atoms with van der Waals surface area (Å²) in [4.78, 5) is 37.4. The molecule has 0 aliphatic carbocycles. The van der Waals surface area contributed by atoms with Crippen molar-refractivity contribution in [1.82, 2.24) is 0 Å². The summed E-state index contributed by atoms with van der Waals surface area (Å²) in [6.07, 6.45) is 34.8. The van der Waals surface area contributed by atoms with Gasteiger partial charge in [-0.05, 0) is 38.5 Å². The molecule has 0 amide bonds. The molecule has 1 unspecified atom stereocenters. The second-order valence-electron chi connectivity index (χ2n) is 15.0. The van der Waals surface area contributed by atoms with E-state index < -0.39 is 32.5 Å². The Morgan fingerprint density at radius 2 is 1.04 bits per heavy atom. The van der Waals surface area contributed by atoms with Crippen LogP contribution < -0.4 is 4.89 Å². The van der Waals surface area contributed by atoms with Gasteiger partial charge in [0, 0.05) is 12.8 Å². The fourth-order valence-corrected chi connectivity index (χ4v) is 6.20. The predicted octanol–water partition coefficient (Wildman–Crippen LogP) is 10.6. The lowest BCUT2D eigenvalue weighted by atomic mass is 10.0. The Kier molecular flexibility index (Phi) is 33.3. The Morgan fingerprint density at radius 3 is 1.53 bits per heavy atom. The smallest absolute Gasteiger partial charge is 0.306 e. The number of carbonyl (C=O) groups is 2. The lowest BCUT2D eigenvalue weighted by Crippen LogP contribution is -2.37. The van der Waals surface area contributed by atoms with E-state index in [0.29, 0.717) is 23.9 Å². The average Bonchev–Trinajstić information content (AvgIpc) is 3.07. The normalized spacial score (nSPS) is 13.9. The van der Waals surface area contributed by atoms with Gasteiger partial charge in [-0.15, -0.1) is 0 Å². The highest BCUT2D eigenvalue weighted by atomic mass is 31.2. The minimum atomic E-state index is -4.62. The van der Waals surface area contributed by atoms with Gasteiger partial charge in [0.2, 0.25) is 0 Å². The summed E-state index contributed by atoms with van der Waals surface area (Å²) in [5.41, 5.74) is 0. The van der Waals surface area contributed by atoms with Crippen LogP contribution in [0.25, 0.3) is 0 Å². The van der Waals surface area contributed by atoms with Crippen molar-refractivity contribution in [2.45, 2.75) is 180 Å². The number of quaternary nitrogens is 1. The first-order valence-corrected chi connectivity index (χ1v) is 22.0. The molecule has 0 rings (SSSR count). The number of rotatable bonds is 37. The number of nitrogens with zero attached hydrogens (tertiary/aromatic N) is 1. The number of unbranched alkanes of at least 4 members (excludes halogenated alkanes) is 20. The largest absolute Gasteiger partial charge is 0.756 e. The maximum absolute atomic E-state index is 12.6. The molecule has 0 bridgehead atoms. The summed E-state index contributed by atoms with van der Waals surface area (Å²) in [7, 11) is 1.16. The molecule has 0 aliphatic rings. The van der Waals surface area contributed by atoms with Crippen LogP contribution in [-0.2, 0) is 32.7 Å². The second-order valence-corrected chi connectivity index (χ2v) is 16.4. The molecule has 9 nitrogen and oxygen atoms in total. The first-order chi connectivity index (χ1) is 24.5. The number of allylic oxidation sites excluding steroid dienone is 4. The van der Waals surface area contributed by atoms with E-state index in [9.17, 15) is 19.0 Å². The molecule has 0 aliphatic heterocycles. The molecule has 0 spiro atoms. The quantitative estimate of drug-likeness (QED) is 0.0203. The van der Waals surface area contributed by atoms with E-state index in [2.05, 4.69) is 38.2 Å². The molecule has 0 saturated heterocycles. The van der Waals surface area contributed by atoms with Gasteiger partial charge in [-0.1, -0.05) is 147 Å². The van der Waals surface area contributed by atoms with E-state index in [1.165, 1.54) is 77.0 Å². The molecular weight excluding hydrogens is 665 g/mol. The van der Waals surface area contributed by atoms with Gasteiger partial charge >= 0.3 is 11.9 Å². The van der Waals surface area contributed by atoms with Crippen LogP contribution in [0.3, 0.4) is 0 Å². The first kappa shape index (κ1) is 49.5. The molecule has 0 radical (unpaired) electrons. The average molecular weight is 744 g/mol. The summed E-state index contributed by atoms with van der Waals surface area (Å²) in [6.45, 7) is 4.18. The van der Waals surface area contributed by atoms with Gasteiger partial charge in [-0.2, -0.15) is 0 Å². The molecule has 10 heteroatoms. The van der Waals surface area contributed by atoms with Crippen molar-refractivity contribution >= 4 is 19.8 Å². The Bertz CT molecular complexity index is 933. The van der Waals surface area contributed by atoms with Crippen molar-refractivity contribution < 1.29 is 42.1 Å². The molecule has 0 aromatic carbocycles. The van der Waals surface area contributed by atoms with Crippen LogP contribution in [0.1, 0.15) is 174 Å². The van der Waals surface area contributed by atoms with E-state index in [4.69, 9.17) is 18.5 Å². The monoisotopic (exact) mass is 744 g/mol. The van der Waals surface area contributed by atoms with Crippen LogP contribution in [0.15, 0.2) is 24.3 Å². The topological polar surface area (TPSA) is 111 Å². The molecule has 0 aromatic heterocycles. The minimum absolute atomic E-state index is 0.0318. The Balaban J connectivity index is 4.41. The van der Waals surface area contributed by atoms with Gasteiger partial charge in [-0.3, -0.25) is 14.2 Å². The third-order valence-corrected chi connectivity index (χ3v) is 9.72. The number of hydrogen-bond acceptors (Lipinski definition) is 8. The summed E-state index contributed by atoms with van der Waals surface area (Å²) >= 11 is 0. The Morgan fingerprint density at radius 1 is 0.608 bits per heavy atom. The lowest BCUT2D eigenvalue weighted by Gasteiger charge is -2.28. The number of ether oxygens (including phenoxy) is 2. The summed E-state index contributed by atoms with van der Waals surface area (Å²) in [5.74, 6) is -0.849. The summed E-state index contributed by atoms with van der Waals surface area (Å²) < 4.78 is 33.8. The highest BCUT2D eigenvalue weighted by Gasteiger charge is 2.21. The number of likely N-dealkylation sites (N-methyl/N-ethyl adjacent to an activating group) is 1. The van der Waals surface area contributed by atoms with Crippen molar-refractivity contribution in [2.24, 2.45) is 0 Å². The number of esters is 2. The Labute approximate surface area is 313 Å². The minimum Gasteiger partial charge on any atom is -0.756 e. The van der Waals surface area contributed by atoms with Crippen molar-refractivity contribution in [2.75, 3.05) is 47.5 Å². The van der Waals surface area contributed by atoms with Gasteiger partial charge in [-0.25, -0.2) is 0 Å². The summed E-state index contributed by atoms with van der Waals surface area (Å²) in [5, 5.41) is 0. The van der Waals surface area contributed by atoms with E-state index in [-0.39, 0.29) is 26.1 Å². The highest BCUT2D eigenvalue weighted by molar-refractivity contribution is 7.45. The van der Waals surface area contributed by atoms with Crippen LogP contribution in [0.4, 0.5) is 0 Å². The maximum Gasteiger partial charge on any atom is 0.306 e. The molecule has 0 heterocycles.